The third-order valence-corrected chi connectivity index (χ3v) is 4.56. The van der Waals surface area contributed by atoms with Crippen LogP contribution in [0, 0.1) is 11.2 Å². The first kappa shape index (κ1) is 20.8. The van der Waals surface area contributed by atoms with Gasteiger partial charge in [0.1, 0.15) is 11.6 Å². The lowest BCUT2D eigenvalue weighted by Gasteiger charge is -2.36. The summed E-state index contributed by atoms with van der Waals surface area (Å²) in [6, 6.07) is 10.6. The number of allylic oxidation sites excluding steroid dienone is 1. The maximum absolute atomic E-state index is 13.6. The lowest BCUT2D eigenvalue weighted by atomic mass is 10.1. The second-order valence-electron chi connectivity index (χ2n) is 6.16. The number of pyridine rings is 1. The topological polar surface area (TPSA) is 43.2 Å². The van der Waals surface area contributed by atoms with E-state index in [4.69, 9.17) is 5.41 Å². The monoisotopic (exact) mass is 368 g/mol. The van der Waals surface area contributed by atoms with Crippen molar-refractivity contribution in [2.75, 3.05) is 37.6 Å². The van der Waals surface area contributed by atoms with Gasteiger partial charge in [0.15, 0.2) is 0 Å². The van der Waals surface area contributed by atoms with Crippen molar-refractivity contribution in [3.8, 4) is 11.1 Å². The van der Waals surface area contributed by atoms with Crippen LogP contribution in [0.5, 0.6) is 0 Å². The van der Waals surface area contributed by atoms with E-state index in [2.05, 4.69) is 14.8 Å². The maximum atomic E-state index is 13.6. The van der Waals surface area contributed by atoms with Crippen LogP contribution >= 0.6 is 0 Å². The lowest BCUT2D eigenvalue weighted by Crippen LogP contribution is -2.47. The van der Waals surface area contributed by atoms with Crippen molar-refractivity contribution >= 4 is 12.0 Å². The zero-order chi connectivity index (χ0) is 19.6. The number of piperazine rings is 1. The predicted molar refractivity (Wildman–Crippen MR) is 112 cm³/mol. The summed E-state index contributed by atoms with van der Waals surface area (Å²) in [5.74, 6) is 0.675. The predicted octanol–water partition coefficient (Wildman–Crippen LogP) is 4.63. The Morgan fingerprint density at radius 2 is 1.89 bits per heavy atom. The van der Waals surface area contributed by atoms with Crippen LogP contribution in [0.25, 0.3) is 11.1 Å². The van der Waals surface area contributed by atoms with Gasteiger partial charge in [-0.05, 0) is 42.3 Å². The fourth-order valence-electron chi connectivity index (χ4n) is 3.13. The van der Waals surface area contributed by atoms with Crippen molar-refractivity contribution in [3.63, 3.8) is 0 Å². The van der Waals surface area contributed by atoms with E-state index in [1.807, 2.05) is 45.0 Å². The van der Waals surface area contributed by atoms with Crippen molar-refractivity contribution in [2.24, 2.45) is 0 Å². The Labute approximate surface area is 161 Å². The number of nitrogens with zero attached hydrogens (tertiary/aromatic N) is 3. The Bertz CT molecular complexity index is 764. The van der Waals surface area contributed by atoms with Crippen LogP contribution in [0.15, 0.2) is 54.2 Å². The molecule has 1 aromatic heterocycles. The number of nitrogens with one attached hydrogen (secondary N) is 1. The molecule has 1 aromatic carbocycles. The summed E-state index contributed by atoms with van der Waals surface area (Å²) in [6.45, 7) is 10.4. The lowest BCUT2D eigenvalue weighted by molar-refractivity contribution is 0.280. The van der Waals surface area contributed by atoms with E-state index >= 15 is 0 Å². The van der Waals surface area contributed by atoms with Crippen LogP contribution in [0.4, 0.5) is 10.2 Å². The number of anilines is 1. The number of halogens is 1. The van der Waals surface area contributed by atoms with Gasteiger partial charge < -0.3 is 10.3 Å². The highest BCUT2D eigenvalue weighted by molar-refractivity contribution is 5.76. The van der Waals surface area contributed by atoms with Gasteiger partial charge in [0.2, 0.25) is 0 Å². The van der Waals surface area contributed by atoms with Crippen LogP contribution < -0.4 is 4.90 Å². The highest BCUT2D eigenvalue weighted by Crippen LogP contribution is 2.29. The number of benzene rings is 1. The Balaban J connectivity index is 0.00000126. The molecule has 2 heterocycles. The van der Waals surface area contributed by atoms with Gasteiger partial charge in [0.25, 0.3) is 0 Å². The van der Waals surface area contributed by atoms with Gasteiger partial charge >= 0.3 is 0 Å². The van der Waals surface area contributed by atoms with E-state index in [0.717, 1.165) is 55.2 Å². The number of rotatable bonds is 5. The summed E-state index contributed by atoms with van der Waals surface area (Å²) in [6.07, 6.45) is 5.20. The molecule has 0 atom stereocenters. The first-order valence-corrected chi connectivity index (χ1v) is 9.55. The Morgan fingerprint density at radius 3 is 2.52 bits per heavy atom. The average molecular weight is 369 g/mol. The highest BCUT2D eigenvalue weighted by Gasteiger charge is 2.20. The van der Waals surface area contributed by atoms with Crippen LogP contribution in [0.1, 0.15) is 20.8 Å². The molecule has 2 aromatic rings. The molecule has 1 aliphatic heterocycles. The number of hydrogen-bond acceptors (Lipinski definition) is 4. The molecule has 1 saturated heterocycles. The van der Waals surface area contributed by atoms with Gasteiger partial charge in [0, 0.05) is 50.7 Å². The van der Waals surface area contributed by atoms with E-state index < -0.39 is 0 Å². The molecule has 144 valence electrons. The minimum absolute atomic E-state index is 0.234. The van der Waals surface area contributed by atoms with E-state index in [9.17, 15) is 4.39 Å². The van der Waals surface area contributed by atoms with Gasteiger partial charge in [-0.2, -0.15) is 0 Å². The molecular formula is C22H29FN4. The van der Waals surface area contributed by atoms with Crippen LogP contribution in [-0.2, 0) is 0 Å². The SMILES string of the molecule is C/C=C(\C=N)CN1CCN(c2ncccc2-c2cccc(F)c2)CC1.CC. The van der Waals surface area contributed by atoms with Crippen molar-refractivity contribution < 1.29 is 4.39 Å². The Morgan fingerprint density at radius 1 is 1.15 bits per heavy atom. The summed E-state index contributed by atoms with van der Waals surface area (Å²) < 4.78 is 13.6. The number of aromatic nitrogens is 1. The molecule has 27 heavy (non-hydrogen) atoms. The van der Waals surface area contributed by atoms with Gasteiger partial charge in [-0.3, -0.25) is 4.90 Å². The largest absolute Gasteiger partial charge is 0.354 e. The smallest absolute Gasteiger partial charge is 0.136 e. The molecule has 0 unspecified atom stereocenters. The van der Waals surface area contributed by atoms with Crippen molar-refractivity contribution in [1.29, 1.82) is 5.41 Å². The fourth-order valence-corrected chi connectivity index (χ4v) is 3.13. The molecule has 1 aliphatic rings. The molecule has 4 nitrogen and oxygen atoms in total. The van der Waals surface area contributed by atoms with Crippen LogP contribution in [0.3, 0.4) is 0 Å². The van der Waals surface area contributed by atoms with Gasteiger partial charge in [-0.25, -0.2) is 9.37 Å². The molecule has 0 radical (unpaired) electrons. The Kier molecular flexibility index (Phi) is 8.14. The second-order valence-corrected chi connectivity index (χ2v) is 6.16. The van der Waals surface area contributed by atoms with Crippen molar-refractivity contribution in [3.05, 3.63) is 60.1 Å². The minimum Gasteiger partial charge on any atom is -0.354 e. The minimum atomic E-state index is -0.234. The quantitative estimate of drug-likeness (QED) is 0.783. The van der Waals surface area contributed by atoms with Crippen LogP contribution in [-0.4, -0.2) is 48.8 Å². The molecular weight excluding hydrogens is 339 g/mol. The summed E-state index contributed by atoms with van der Waals surface area (Å²) in [5.41, 5.74) is 2.85. The highest BCUT2D eigenvalue weighted by atomic mass is 19.1. The maximum Gasteiger partial charge on any atom is 0.136 e. The van der Waals surface area contributed by atoms with Gasteiger partial charge in [-0.15, -0.1) is 0 Å². The fraction of sp³-hybridized carbons (Fsp3) is 0.364. The van der Waals surface area contributed by atoms with E-state index in [1.54, 1.807) is 18.3 Å². The summed E-state index contributed by atoms with van der Waals surface area (Å²) in [4.78, 5) is 9.17. The molecule has 0 aliphatic carbocycles. The molecule has 0 saturated carbocycles. The molecule has 5 heteroatoms. The first-order chi connectivity index (χ1) is 13.2. The zero-order valence-electron chi connectivity index (χ0n) is 16.5. The standard InChI is InChI=1S/C20H23FN4.C2H6/c1-2-16(14-22)15-24-9-11-25(12-10-24)20-19(7-4-8-23-20)17-5-3-6-18(21)13-17;1-2/h2-8,13-14,22H,9-12,15H2,1H3;1-2H3/b16-2+,22-14?;. The zero-order valence-corrected chi connectivity index (χ0v) is 16.5. The van der Waals surface area contributed by atoms with Crippen LogP contribution in [0.2, 0.25) is 0 Å². The third kappa shape index (κ3) is 5.47. The van der Waals surface area contributed by atoms with Gasteiger partial charge in [-0.1, -0.05) is 32.1 Å². The summed E-state index contributed by atoms with van der Waals surface area (Å²) >= 11 is 0. The summed E-state index contributed by atoms with van der Waals surface area (Å²) in [7, 11) is 0. The third-order valence-electron chi connectivity index (χ3n) is 4.56. The average Bonchev–Trinajstić information content (AvgIpc) is 2.74. The number of hydrogen-bond donors (Lipinski definition) is 1. The van der Waals surface area contributed by atoms with E-state index in [1.165, 1.54) is 12.3 Å². The Hall–Kier alpha value is -2.53. The van der Waals surface area contributed by atoms with Crippen molar-refractivity contribution in [1.82, 2.24) is 9.88 Å². The first-order valence-electron chi connectivity index (χ1n) is 9.55. The van der Waals surface area contributed by atoms with E-state index in [0.29, 0.717) is 0 Å². The molecule has 3 rings (SSSR count). The summed E-state index contributed by atoms with van der Waals surface area (Å²) in [5, 5.41) is 7.42. The van der Waals surface area contributed by atoms with Gasteiger partial charge in [0.05, 0.1) is 0 Å². The van der Waals surface area contributed by atoms with E-state index in [-0.39, 0.29) is 5.82 Å². The molecule has 1 N–H and O–H groups in total. The molecule has 0 bridgehead atoms. The molecule has 0 amide bonds. The molecule has 0 spiro atoms. The normalized spacial score (nSPS) is 15.1. The second kappa shape index (κ2) is 10.6. The molecule has 1 fully saturated rings. The van der Waals surface area contributed by atoms with Crippen molar-refractivity contribution in [2.45, 2.75) is 20.8 Å².